The molecule has 2 aromatic rings. The van der Waals surface area contributed by atoms with Crippen molar-refractivity contribution in [1.29, 1.82) is 0 Å². The van der Waals surface area contributed by atoms with Crippen LogP contribution in [0.25, 0.3) is 10.6 Å². The van der Waals surface area contributed by atoms with Crippen molar-refractivity contribution in [3.8, 4) is 10.6 Å². The molecule has 1 atom stereocenters. The van der Waals surface area contributed by atoms with E-state index in [9.17, 15) is 8.78 Å². The maximum atomic E-state index is 12.7. The van der Waals surface area contributed by atoms with Gasteiger partial charge in [-0.15, -0.1) is 11.3 Å². The molecule has 0 saturated carbocycles. The summed E-state index contributed by atoms with van der Waals surface area (Å²) in [7, 11) is 1.89. The Morgan fingerprint density at radius 2 is 2.05 bits per heavy atom. The molecule has 0 fully saturated rings. The van der Waals surface area contributed by atoms with E-state index in [-0.39, 0.29) is 11.6 Å². The van der Waals surface area contributed by atoms with E-state index in [1.54, 1.807) is 17.4 Å². The second kappa shape index (κ2) is 5.75. The molecular formula is C14H16F2N2S. The van der Waals surface area contributed by atoms with E-state index in [0.717, 1.165) is 21.1 Å². The van der Waals surface area contributed by atoms with Crippen LogP contribution in [-0.4, -0.2) is 12.0 Å². The summed E-state index contributed by atoms with van der Waals surface area (Å²) in [6.45, 7) is 4.00. The average Bonchev–Trinajstić information content (AvgIpc) is 2.80. The zero-order valence-electron chi connectivity index (χ0n) is 11.1. The van der Waals surface area contributed by atoms with Gasteiger partial charge in [-0.3, -0.25) is 0 Å². The van der Waals surface area contributed by atoms with Crippen molar-refractivity contribution in [2.75, 3.05) is 7.05 Å². The first-order valence-electron chi connectivity index (χ1n) is 6.06. The lowest BCUT2D eigenvalue weighted by atomic mass is 10.1. The topological polar surface area (TPSA) is 24.9 Å². The largest absolute Gasteiger partial charge is 0.312 e. The van der Waals surface area contributed by atoms with Gasteiger partial charge in [0.15, 0.2) is 0 Å². The normalized spacial score (nSPS) is 12.9. The first-order valence-corrected chi connectivity index (χ1v) is 6.87. The fraction of sp³-hybridized carbons (Fsp3) is 0.357. The molecule has 1 N–H and O–H groups in total. The van der Waals surface area contributed by atoms with Crippen LogP contribution >= 0.6 is 11.3 Å². The molecule has 0 saturated heterocycles. The molecular weight excluding hydrogens is 266 g/mol. The molecule has 0 aliphatic rings. The number of aryl methyl sites for hydroxylation is 1. The molecule has 0 aliphatic heterocycles. The molecule has 0 amide bonds. The van der Waals surface area contributed by atoms with E-state index in [0.29, 0.717) is 0 Å². The third kappa shape index (κ3) is 2.98. The summed E-state index contributed by atoms with van der Waals surface area (Å²) in [5.74, 6) is 0. The lowest BCUT2D eigenvalue weighted by Crippen LogP contribution is -2.11. The minimum absolute atomic E-state index is 0.0357. The van der Waals surface area contributed by atoms with Crippen LogP contribution in [0.3, 0.4) is 0 Å². The van der Waals surface area contributed by atoms with Crippen LogP contribution < -0.4 is 5.32 Å². The molecule has 1 aromatic carbocycles. The second-order valence-electron chi connectivity index (χ2n) is 4.41. The molecule has 1 heterocycles. The number of thiazole rings is 1. The fourth-order valence-electron chi connectivity index (χ4n) is 1.87. The standard InChI is InChI=1S/C14H16F2N2S/c1-8(17-3)12-9(2)18-14(19-12)11-6-4-5-10(7-11)13(15)16/h4-8,13,17H,1-3H3. The summed E-state index contributed by atoms with van der Waals surface area (Å²) in [5, 5.41) is 3.96. The summed E-state index contributed by atoms with van der Waals surface area (Å²) >= 11 is 1.55. The average molecular weight is 282 g/mol. The van der Waals surface area contributed by atoms with Gasteiger partial charge in [0.2, 0.25) is 0 Å². The van der Waals surface area contributed by atoms with Crippen molar-refractivity contribution in [3.63, 3.8) is 0 Å². The van der Waals surface area contributed by atoms with Crippen molar-refractivity contribution in [2.24, 2.45) is 0 Å². The van der Waals surface area contributed by atoms with Crippen LogP contribution in [0.4, 0.5) is 8.78 Å². The number of nitrogens with zero attached hydrogens (tertiary/aromatic N) is 1. The zero-order valence-corrected chi connectivity index (χ0v) is 11.9. The number of hydrogen-bond acceptors (Lipinski definition) is 3. The molecule has 0 aliphatic carbocycles. The van der Waals surface area contributed by atoms with Crippen LogP contribution in [0, 0.1) is 6.92 Å². The van der Waals surface area contributed by atoms with E-state index < -0.39 is 6.43 Å². The predicted molar refractivity (Wildman–Crippen MR) is 74.7 cm³/mol. The second-order valence-corrected chi connectivity index (χ2v) is 5.44. The predicted octanol–water partition coefficient (Wildman–Crippen LogP) is 4.34. The fourth-order valence-corrected chi connectivity index (χ4v) is 3.00. The SMILES string of the molecule is CNC(C)c1sc(-c2cccc(C(F)F)c2)nc1C. The summed E-state index contributed by atoms with van der Waals surface area (Å²) in [4.78, 5) is 5.62. The monoisotopic (exact) mass is 282 g/mol. The Labute approximate surface area is 115 Å². The van der Waals surface area contributed by atoms with E-state index in [1.165, 1.54) is 12.1 Å². The molecule has 0 spiro atoms. The minimum Gasteiger partial charge on any atom is -0.312 e. The molecule has 0 bridgehead atoms. The number of aromatic nitrogens is 1. The van der Waals surface area contributed by atoms with Gasteiger partial charge >= 0.3 is 0 Å². The number of hydrogen-bond donors (Lipinski definition) is 1. The van der Waals surface area contributed by atoms with Crippen LogP contribution in [-0.2, 0) is 0 Å². The lowest BCUT2D eigenvalue weighted by Gasteiger charge is -2.07. The molecule has 1 aromatic heterocycles. The van der Waals surface area contributed by atoms with Crippen molar-refractivity contribution in [3.05, 3.63) is 40.4 Å². The summed E-state index contributed by atoms with van der Waals surface area (Å²) in [6.07, 6.45) is -2.45. The van der Waals surface area contributed by atoms with Crippen molar-refractivity contribution < 1.29 is 8.78 Å². The Morgan fingerprint density at radius 1 is 1.32 bits per heavy atom. The first kappa shape index (κ1) is 14.1. The zero-order chi connectivity index (χ0) is 14.0. The third-order valence-electron chi connectivity index (χ3n) is 3.04. The number of benzene rings is 1. The van der Waals surface area contributed by atoms with Crippen molar-refractivity contribution in [1.82, 2.24) is 10.3 Å². The van der Waals surface area contributed by atoms with E-state index in [4.69, 9.17) is 0 Å². The maximum absolute atomic E-state index is 12.7. The minimum atomic E-state index is -2.45. The molecule has 19 heavy (non-hydrogen) atoms. The molecule has 2 nitrogen and oxygen atoms in total. The third-order valence-corrected chi connectivity index (χ3v) is 4.43. The highest BCUT2D eigenvalue weighted by Gasteiger charge is 2.15. The van der Waals surface area contributed by atoms with Crippen LogP contribution in [0.2, 0.25) is 0 Å². The molecule has 0 radical (unpaired) electrons. The summed E-state index contributed by atoms with van der Waals surface area (Å²) in [5.41, 5.74) is 1.73. The van der Waals surface area contributed by atoms with Crippen LogP contribution in [0.15, 0.2) is 24.3 Å². The Kier molecular flexibility index (Phi) is 4.27. The number of alkyl halides is 2. The Balaban J connectivity index is 2.39. The Hall–Kier alpha value is -1.33. The first-order chi connectivity index (χ1) is 9.02. The van der Waals surface area contributed by atoms with E-state index >= 15 is 0 Å². The van der Waals surface area contributed by atoms with Gasteiger partial charge in [0.25, 0.3) is 6.43 Å². The van der Waals surface area contributed by atoms with Gasteiger partial charge in [0.1, 0.15) is 5.01 Å². The highest BCUT2D eigenvalue weighted by Crippen LogP contribution is 2.33. The van der Waals surface area contributed by atoms with Gasteiger partial charge in [-0.25, -0.2) is 13.8 Å². The highest BCUT2D eigenvalue weighted by molar-refractivity contribution is 7.15. The van der Waals surface area contributed by atoms with E-state index in [1.807, 2.05) is 20.0 Å². The van der Waals surface area contributed by atoms with Gasteiger partial charge in [0, 0.05) is 22.0 Å². The van der Waals surface area contributed by atoms with Gasteiger partial charge in [-0.1, -0.05) is 18.2 Å². The van der Waals surface area contributed by atoms with Crippen molar-refractivity contribution in [2.45, 2.75) is 26.3 Å². The van der Waals surface area contributed by atoms with Gasteiger partial charge in [-0.2, -0.15) is 0 Å². The Morgan fingerprint density at radius 3 is 2.68 bits per heavy atom. The number of nitrogens with one attached hydrogen (secondary N) is 1. The summed E-state index contributed by atoms with van der Waals surface area (Å²) < 4.78 is 25.4. The molecule has 2 rings (SSSR count). The summed E-state index contributed by atoms with van der Waals surface area (Å²) in [6, 6.07) is 6.62. The van der Waals surface area contributed by atoms with Crippen LogP contribution in [0.1, 0.15) is 35.5 Å². The molecule has 102 valence electrons. The van der Waals surface area contributed by atoms with Gasteiger partial charge in [0.05, 0.1) is 5.69 Å². The molecule has 1 unspecified atom stereocenters. The highest BCUT2D eigenvalue weighted by atomic mass is 32.1. The quantitative estimate of drug-likeness (QED) is 0.902. The Bertz CT molecular complexity index is 566. The van der Waals surface area contributed by atoms with Crippen molar-refractivity contribution >= 4 is 11.3 Å². The van der Waals surface area contributed by atoms with Gasteiger partial charge in [-0.05, 0) is 27.0 Å². The molecule has 5 heteroatoms. The van der Waals surface area contributed by atoms with Gasteiger partial charge < -0.3 is 5.32 Å². The van der Waals surface area contributed by atoms with Crippen LogP contribution in [0.5, 0.6) is 0 Å². The lowest BCUT2D eigenvalue weighted by molar-refractivity contribution is 0.151. The smallest absolute Gasteiger partial charge is 0.263 e. The number of halogens is 2. The van der Waals surface area contributed by atoms with E-state index in [2.05, 4.69) is 17.2 Å². The maximum Gasteiger partial charge on any atom is 0.263 e. The number of rotatable bonds is 4.